The lowest BCUT2D eigenvalue weighted by Gasteiger charge is -2.26. The van der Waals surface area contributed by atoms with Crippen LogP contribution >= 0.6 is 23.2 Å². The Morgan fingerprint density at radius 3 is 2.41 bits per heavy atom. The number of hydrogen-bond donors (Lipinski definition) is 3. The Kier molecular flexibility index (Phi) is 8.28. The Morgan fingerprint density at radius 1 is 1.15 bits per heavy atom. The SMILES string of the molecule is CC(C)(C)OC(=O)NC(=NCc1cc(Cl)c(N)c(Cl)c1)NC(=O)[C@@H]1CCCN1c1ccccc1. The van der Waals surface area contributed by atoms with Crippen molar-refractivity contribution in [2.24, 2.45) is 4.99 Å². The highest BCUT2D eigenvalue weighted by atomic mass is 35.5. The summed E-state index contributed by atoms with van der Waals surface area (Å²) >= 11 is 12.2. The summed E-state index contributed by atoms with van der Waals surface area (Å²) < 4.78 is 5.32. The van der Waals surface area contributed by atoms with E-state index in [2.05, 4.69) is 15.6 Å². The van der Waals surface area contributed by atoms with E-state index < -0.39 is 17.7 Å². The van der Waals surface area contributed by atoms with Crippen molar-refractivity contribution in [3.8, 4) is 0 Å². The molecule has 2 aromatic carbocycles. The van der Waals surface area contributed by atoms with E-state index in [4.69, 9.17) is 33.7 Å². The van der Waals surface area contributed by atoms with Crippen LogP contribution in [0.3, 0.4) is 0 Å². The Labute approximate surface area is 209 Å². The van der Waals surface area contributed by atoms with Crippen LogP contribution in [0.25, 0.3) is 0 Å². The third-order valence-electron chi connectivity index (χ3n) is 5.06. The largest absolute Gasteiger partial charge is 0.444 e. The molecular weight excluding hydrogens is 477 g/mol. The summed E-state index contributed by atoms with van der Waals surface area (Å²) in [5.74, 6) is -0.298. The zero-order chi connectivity index (χ0) is 24.9. The van der Waals surface area contributed by atoms with Crippen molar-refractivity contribution in [1.82, 2.24) is 10.6 Å². The van der Waals surface area contributed by atoms with Gasteiger partial charge >= 0.3 is 6.09 Å². The predicted octanol–water partition coefficient (Wildman–Crippen LogP) is 4.74. The lowest BCUT2D eigenvalue weighted by molar-refractivity contribution is -0.120. The number of carbonyl (C=O) groups is 2. The van der Waals surface area contributed by atoms with Gasteiger partial charge < -0.3 is 15.4 Å². The third-order valence-corrected chi connectivity index (χ3v) is 5.69. The molecule has 10 heteroatoms. The maximum Gasteiger partial charge on any atom is 0.414 e. The minimum Gasteiger partial charge on any atom is -0.444 e. The molecule has 0 bridgehead atoms. The number of alkyl carbamates (subject to hydrolysis) is 1. The summed E-state index contributed by atoms with van der Waals surface area (Å²) in [7, 11) is 0. The van der Waals surface area contributed by atoms with E-state index >= 15 is 0 Å². The highest BCUT2D eigenvalue weighted by molar-refractivity contribution is 6.38. The molecule has 2 amide bonds. The van der Waals surface area contributed by atoms with Crippen LogP contribution in [0.2, 0.25) is 10.0 Å². The molecular formula is C24H29Cl2N5O3. The summed E-state index contributed by atoms with van der Waals surface area (Å²) in [5, 5.41) is 5.89. The normalized spacial score (nSPS) is 16.3. The average Bonchev–Trinajstić information content (AvgIpc) is 3.25. The van der Waals surface area contributed by atoms with Crippen LogP contribution in [-0.2, 0) is 16.1 Å². The number of nitrogen functional groups attached to an aromatic ring is 1. The molecule has 0 spiro atoms. The fourth-order valence-corrected chi connectivity index (χ4v) is 4.11. The zero-order valence-electron chi connectivity index (χ0n) is 19.4. The van der Waals surface area contributed by atoms with E-state index in [9.17, 15) is 9.59 Å². The molecule has 0 unspecified atom stereocenters. The van der Waals surface area contributed by atoms with Gasteiger partial charge in [-0.2, -0.15) is 0 Å². The Bertz CT molecular complexity index is 1050. The number of carbonyl (C=O) groups excluding carboxylic acids is 2. The minimum absolute atomic E-state index is 0.0248. The molecule has 1 fully saturated rings. The number of nitrogens with zero attached hydrogens (tertiary/aromatic N) is 2. The standard InChI is InChI=1S/C24H29Cl2N5O3/c1-24(2,3)34-23(33)30-22(28-14-15-12-17(25)20(27)18(26)13-15)29-21(32)19-10-7-11-31(19)16-8-5-4-6-9-16/h4-6,8-9,12-13,19H,7,10-11,14,27H2,1-3H3,(H2,28,29,30,32,33)/t19-/m0/s1. The summed E-state index contributed by atoms with van der Waals surface area (Å²) in [4.78, 5) is 32.0. The molecule has 1 heterocycles. The van der Waals surface area contributed by atoms with Crippen LogP contribution < -0.4 is 21.3 Å². The number of nitrogens with one attached hydrogen (secondary N) is 2. The molecule has 2 aromatic rings. The van der Waals surface area contributed by atoms with Gasteiger partial charge in [0.15, 0.2) is 0 Å². The average molecular weight is 506 g/mol. The maximum absolute atomic E-state index is 13.2. The number of nitrogens with two attached hydrogens (primary N) is 1. The van der Waals surface area contributed by atoms with Crippen molar-refractivity contribution in [3.05, 3.63) is 58.1 Å². The quantitative estimate of drug-likeness (QED) is 0.315. The second-order valence-corrected chi connectivity index (χ2v) is 9.76. The fraction of sp³-hybridized carbons (Fsp3) is 0.375. The second kappa shape index (κ2) is 11.0. The summed E-state index contributed by atoms with van der Waals surface area (Å²) in [6.45, 7) is 6.10. The first-order valence-corrected chi connectivity index (χ1v) is 11.7. The van der Waals surface area contributed by atoms with Crippen LogP contribution in [0.4, 0.5) is 16.2 Å². The smallest absolute Gasteiger partial charge is 0.414 e. The number of hydrogen-bond acceptors (Lipinski definition) is 6. The van der Waals surface area contributed by atoms with E-state index in [1.54, 1.807) is 32.9 Å². The number of halogens is 2. The lowest BCUT2D eigenvalue weighted by Crippen LogP contribution is -2.51. The molecule has 0 aromatic heterocycles. The monoisotopic (exact) mass is 505 g/mol. The van der Waals surface area contributed by atoms with Gasteiger partial charge in [-0.3, -0.25) is 15.4 Å². The number of aliphatic imine (C=N–C) groups is 1. The van der Waals surface area contributed by atoms with Crippen molar-refractivity contribution in [1.29, 1.82) is 0 Å². The molecule has 1 aliphatic rings. The molecule has 1 aliphatic heterocycles. The fourth-order valence-electron chi connectivity index (χ4n) is 3.58. The molecule has 1 saturated heterocycles. The Balaban J connectivity index is 1.79. The van der Waals surface area contributed by atoms with Gasteiger partial charge in [-0.1, -0.05) is 41.4 Å². The van der Waals surface area contributed by atoms with Gasteiger partial charge in [-0.05, 0) is 63.4 Å². The van der Waals surface area contributed by atoms with Gasteiger partial charge in [0.1, 0.15) is 11.6 Å². The predicted molar refractivity (Wildman–Crippen MR) is 136 cm³/mol. The maximum atomic E-state index is 13.2. The van der Waals surface area contributed by atoms with E-state index in [1.807, 2.05) is 35.2 Å². The Hall–Kier alpha value is -2.97. The first-order chi connectivity index (χ1) is 16.0. The number of anilines is 2. The molecule has 3 rings (SSSR count). The van der Waals surface area contributed by atoms with Gasteiger partial charge in [0.05, 0.1) is 22.3 Å². The van der Waals surface area contributed by atoms with Crippen LogP contribution in [0, 0.1) is 0 Å². The number of ether oxygens (including phenoxy) is 1. The van der Waals surface area contributed by atoms with E-state index in [-0.39, 0.29) is 24.1 Å². The van der Waals surface area contributed by atoms with Crippen molar-refractivity contribution in [2.45, 2.75) is 51.8 Å². The van der Waals surface area contributed by atoms with E-state index in [0.29, 0.717) is 22.0 Å². The van der Waals surface area contributed by atoms with Crippen LogP contribution in [0.5, 0.6) is 0 Å². The van der Waals surface area contributed by atoms with Crippen LogP contribution in [0.15, 0.2) is 47.5 Å². The molecule has 34 heavy (non-hydrogen) atoms. The molecule has 4 N–H and O–H groups in total. The van der Waals surface area contributed by atoms with Crippen molar-refractivity contribution < 1.29 is 14.3 Å². The van der Waals surface area contributed by atoms with E-state index in [0.717, 1.165) is 18.7 Å². The first kappa shape index (κ1) is 25.6. The third kappa shape index (κ3) is 7.01. The van der Waals surface area contributed by atoms with Gasteiger partial charge in [-0.25, -0.2) is 9.79 Å². The number of para-hydroxylation sites is 1. The molecule has 0 saturated carbocycles. The number of amides is 2. The molecule has 0 radical (unpaired) electrons. The summed E-state index contributed by atoms with van der Waals surface area (Å²) in [6, 6.07) is 12.6. The summed E-state index contributed by atoms with van der Waals surface area (Å²) in [5.41, 5.74) is 6.98. The molecule has 1 atom stereocenters. The van der Waals surface area contributed by atoms with Gasteiger partial charge in [0.2, 0.25) is 11.9 Å². The molecule has 182 valence electrons. The number of guanidine groups is 1. The highest BCUT2D eigenvalue weighted by Crippen LogP contribution is 2.29. The molecule has 0 aliphatic carbocycles. The van der Waals surface area contributed by atoms with E-state index in [1.165, 1.54) is 0 Å². The van der Waals surface area contributed by atoms with Gasteiger partial charge in [0.25, 0.3) is 0 Å². The minimum atomic E-state index is -0.730. The zero-order valence-corrected chi connectivity index (χ0v) is 20.9. The van der Waals surface area contributed by atoms with Crippen LogP contribution in [-0.4, -0.2) is 36.1 Å². The first-order valence-electron chi connectivity index (χ1n) is 10.9. The number of benzene rings is 2. The topological polar surface area (TPSA) is 109 Å². The van der Waals surface area contributed by atoms with Gasteiger partial charge in [-0.15, -0.1) is 0 Å². The van der Waals surface area contributed by atoms with Crippen molar-refractivity contribution in [2.75, 3.05) is 17.2 Å². The second-order valence-electron chi connectivity index (χ2n) is 8.94. The Morgan fingerprint density at radius 2 is 1.79 bits per heavy atom. The van der Waals surface area contributed by atoms with Crippen molar-refractivity contribution in [3.63, 3.8) is 0 Å². The lowest BCUT2D eigenvalue weighted by atomic mass is 10.2. The van der Waals surface area contributed by atoms with Crippen molar-refractivity contribution >= 4 is 52.5 Å². The van der Waals surface area contributed by atoms with Gasteiger partial charge in [0, 0.05) is 12.2 Å². The number of rotatable bonds is 4. The molecule has 8 nitrogen and oxygen atoms in total. The van der Waals surface area contributed by atoms with Crippen LogP contribution in [0.1, 0.15) is 39.2 Å². The summed E-state index contributed by atoms with van der Waals surface area (Å²) in [6.07, 6.45) is 0.830. The highest BCUT2D eigenvalue weighted by Gasteiger charge is 2.32.